The molecule has 0 bridgehead atoms. The number of benzene rings is 1. The van der Waals surface area contributed by atoms with Crippen LogP contribution >= 0.6 is 0 Å². The molecule has 0 aliphatic carbocycles. The van der Waals surface area contributed by atoms with E-state index >= 15 is 0 Å². The third kappa shape index (κ3) is 2.85. The number of aryl methyl sites for hydroxylation is 1. The highest BCUT2D eigenvalue weighted by Gasteiger charge is 2.33. The molecule has 104 valence electrons. The van der Waals surface area contributed by atoms with Gasteiger partial charge in [-0.1, -0.05) is 12.1 Å². The number of nitrogens with one attached hydrogen (secondary N) is 1. The van der Waals surface area contributed by atoms with Crippen molar-refractivity contribution in [2.75, 3.05) is 25.1 Å². The first-order valence-corrected chi connectivity index (χ1v) is 6.29. The smallest absolute Gasteiger partial charge is 0.295 e. The largest absolute Gasteiger partial charge is 0.394 e. The zero-order valence-corrected chi connectivity index (χ0v) is 10.9. The molecule has 1 saturated heterocycles. The first kappa shape index (κ1) is 13.8. The molecular formula is C13H18N2O4. The van der Waals surface area contributed by atoms with Crippen LogP contribution < -0.4 is 5.32 Å². The highest BCUT2D eigenvalue weighted by atomic mass is 16.6. The Kier molecular flexibility index (Phi) is 4.01. The van der Waals surface area contributed by atoms with E-state index in [1.807, 2.05) is 0 Å². The third-order valence-corrected chi connectivity index (χ3v) is 3.57. The predicted octanol–water partition coefficient (Wildman–Crippen LogP) is 1.86. The van der Waals surface area contributed by atoms with Crippen molar-refractivity contribution in [3.8, 4) is 0 Å². The molecule has 2 N–H and O–H groups in total. The fourth-order valence-electron chi connectivity index (χ4n) is 2.37. The number of anilines is 1. The Morgan fingerprint density at radius 3 is 2.74 bits per heavy atom. The number of nitrogens with zero attached hydrogens (tertiary/aromatic N) is 1. The van der Waals surface area contributed by atoms with Gasteiger partial charge in [0.25, 0.3) is 5.69 Å². The van der Waals surface area contributed by atoms with Crippen LogP contribution in [0.5, 0.6) is 0 Å². The van der Waals surface area contributed by atoms with Crippen LogP contribution in [0.3, 0.4) is 0 Å². The second-order valence-corrected chi connectivity index (χ2v) is 4.90. The second kappa shape index (κ2) is 5.54. The number of para-hydroxylation sites is 1. The minimum absolute atomic E-state index is 0.0680. The summed E-state index contributed by atoms with van der Waals surface area (Å²) in [5, 5.41) is 23.9. The van der Waals surface area contributed by atoms with Crippen molar-refractivity contribution < 1.29 is 14.8 Å². The maximum Gasteiger partial charge on any atom is 0.295 e. The van der Waals surface area contributed by atoms with Gasteiger partial charge in [0.1, 0.15) is 5.69 Å². The molecule has 0 amide bonds. The number of hydrogen-bond acceptors (Lipinski definition) is 5. The topological polar surface area (TPSA) is 84.6 Å². The first-order valence-electron chi connectivity index (χ1n) is 6.29. The van der Waals surface area contributed by atoms with Gasteiger partial charge in [-0.2, -0.15) is 0 Å². The molecule has 19 heavy (non-hydrogen) atoms. The van der Waals surface area contributed by atoms with Crippen LogP contribution in [0.25, 0.3) is 0 Å². The van der Waals surface area contributed by atoms with Crippen molar-refractivity contribution in [2.24, 2.45) is 0 Å². The lowest BCUT2D eigenvalue weighted by Crippen LogP contribution is -2.47. The van der Waals surface area contributed by atoms with Gasteiger partial charge in [0, 0.05) is 18.8 Å². The minimum atomic E-state index is -0.531. The summed E-state index contributed by atoms with van der Waals surface area (Å²) < 4.78 is 5.28. The Hall–Kier alpha value is -1.66. The Morgan fingerprint density at radius 2 is 2.16 bits per heavy atom. The standard InChI is InChI=1S/C13H18N2O4/c1-10-3-2-4-11(12(10)15(17)18)14-13(9-16)5-7-19-8-6-13/h2-4,14,16H,5-9H2,1H3. The number of rotatable bonds is 4. The first-order chi connectivity index (χ1) is 9.08. The zero-order chi connectivity index (χ0) is 13.9. The molecule has 0 spiro atoms. The average molecular weight is 266 g/mol. The van der Waals surface area contributed by atoms with Crippen molar-refractivity contribution >= 4 is 11.4 Å². The predicted molar refractivity (Wildman–Crippen MR) is 71.3 cm³/mol. The van der Waals surface area contributed by atoms with Gasteiger partial charge in [-0.25, -0.2) is 0 Å². The molecule has 0 radical (unpaired) electrons. The number of hydrogen-bond donors (Lipinski definition) is 2. The highest BCUT2D eigenvalue weighted by molar-refractivity contribution is 5.66. The SMILES string of the molecule is Cc1cccc(NC2(CO)CCOCC2)c1[N+](=O)[O-]. The van der Waals surface area contributed by atoms with E-state index in [-0.39, 0.29) is 17.2 Å². The van der Waals surface area contributed by atoms with E-state index < -0.39 is 5.54 Å². The quantitative estimate of drug-likeness (QED) is 0.641. The molecule has 1 aromatic carbocycles. The second-order valence-electron chi connectivity index (χ2n) is 4.90. The van der Waals surface area contributed by atoms with Gasteiger partial charge in [-0.3, -0.25) is 10.1 Å². The van der Waals surface area contributed by atoms with Gasteiger partial charge in [0.05, 0.1) is 17.1 Å². The number of aliphatic hydroxyl groups excluding tert-OH is 1. The number of nitro groups is 1. The Balaban J connectivity index is 2.31. The molecule has 0 unspecified atom stereocenters. The zero-order valence-electron chi connectivity index (χ0n) is 10.9. The summed E-state index contributed by atoms with van der Waals surface area (Å²) in [6.07, 6.45) is 1.27. The van der Waals surface area contributed by atoms with Crippen molar-refractivity contribution in [3.63, 3.8) is 0 Å². The molecule has 6 heteroatoms. The molecule has 1 heterocycles. The van der Waals surface area contributed by atoms with Crippen LogP contribution in [0, 0.1) is 17.0 Å². The summed E-state index contributed by atoms with van der Waals surface area (Å²) in [6, 6.07) is 5.16. The summed E-state index contributed by atoms with van der Waals surface area (Å²) in [6.45, 7) is 2.74. The maximum absolute atomic E-state index is 11.2. The lowest BCUT2D eigenvalue weighted by molar-refractivity contribution is -0.384. The fraction of sp³-hybridized carbons (Fsp3) is 0.538. The fourth-order valence-corrected chi connectivity index (χ4v) is 2.37. The molecule has 1 fully saturated rings. The molecular weight excluding hydrogens is 248 g/mol. The van der Waals surface area contributed by atoms with E-state index in [1.54, 1.807) is 25.1 Å². The Bertz CT molecular complexity index is 470. The molecule has 1 aliphatic rings. The van der Waals surface area contributed by atoms with Crippen LogP contribution in [0.1, 0.15) is 18.4 Å². The lowest BCUT2D eigenvalue weighted by Gasteiger charge is -2.37. The van der Waals surface area contributed by atoms with Crippen molar-refractivity contribution in [1.29, 1.82) is 0 Å². The molecule has 6 nitrogen and oxygen atoms in total. The number of nitro benzene ring substituents is 1. The van der Waals surface area contributed by atoms with Gasteiger partial charge >= 0.3 is 0 Å². The third-order valence-electron chi connectivity index (χ3n) is 3.57. The van der Waals surface area contributed by atoms with Gasteiger partial charge in [-0.15, -0.1) is 0 Å². The summed E-state index contributed by atoms with van der Waals surface area (Å²) in [4.78, 5) is 10.8. The molecule has 0 atom stereocenters. The summed E-state index contributed by atoms with van der Waals surface area (Å²) in [5.74, 6) is 0. The Morgan fingerprint density at radius 1 is 1.47 bits per heavy atom. The molecule has 1 aliphatic heterocycles. The van der Waals surface area contributed by atoms with Crippen molar-refractivity contribution in [1.82, 2.24) is 0 Å². The number of ether oxygens (including phenoxy) is 1. The summed E-state index contributed by atoms with van der Waals surface area (Å²) >= 11 is 0. The van der Waals surface area contributed by atoms with E-state index in [4.69, 9.17) is 4.74 Å². The minimum Gasteiger partial charge on any atom is -0.394 e. The average Bonchev–Trinajstić information content (AvgIpc) is 2.39. The van der Waals surface area contributed by atoms with Crippen LogP contribution in [0.2, 0.25) is 0 Å². The molecule has 0 saturated carbocycles. The van der Waals surface area contributed by atoms with Crippen molar-refractivity contribution in [3.05, 3.63) is 33.9 Å². The van der Waals surface area contributed by atoms with Gasteiger partial charge < -0.3 is 15.2 Å². The molecule has 2 rings (SSSR count). The molecule has 0 aromatic heterocycles. The van der Waals surface area contributed by atoms with E-state index in [0.29, 0.717) is 37.3 Å². The van der Waals surface area contributed by atoms with E-state index in [0.717, 1.165) is 0 Å². The monoisotopic (exact) mass is 266 g/mol. The van der Waals surface area contributed by atoms with Crippen LogP contribution in [-0.2, 0) is 4.74 Å². The van der Waals surface area contributed by atoms with Crippen LogP contribution in [0.15, 0.2) is 18.2 Å². The lowest BCUT2D eigenvalue weighted by atomic mass is 9.90. The van der Waals surface area contributed by atoms with Crippen LogP contribution in [0.4, 0.5) is 11.4 Å². The van der Waals surface area contributed by atoms with Crippen molar-refractivity contribution in [2.45, 2.75) is 25.3 Å². The number of aliphatic hydroxyl groups is 1. The highest BCUT2D eigenvalue weighted by Crippen LogP contribution is 2.33. The van der Waals surface area contributed by atoms with E-state index in [2.05, 4.69) is 5.32 Å². The van der Waals surface area contributed by atoms with E-state index in [1.165, 1.54) is 0 Å². The van der Waals surface area contributed by atoms with Gasteiger partial charge in [0.15, 0.2) is 0 Å². The molecule has 1 aromatic rings. The summed E-state index contributed by atoms with van der Waals surface area (Å²) in [7, 11) is 0. The maximum atomic E-state index is 11.2. The van der Waals surface area contributed by atoms with Crippen LogP contribution in [-0.4, -0.2) is 35.4 Å². The normalized spacial score (nSPS) is 18.0. The Labute approximate surface area is 111 Å². The van der Waals surface area contributed by atoms with Gasteiger partial charge in [-0.05, 0) is 25.8 Å². The van der Waals surface area contributed by atoms with E-state index in [9.17, 15) is 15.2 Å². The van der Waals surface area contributed by atoms with Gasteiger partial charge in [0.2, 0.25) is 0 Å². The summed E-state index contributed by atoms with van der Waals surface area (Å²) in [5.41, 5.74) is 0.606.